The van der Waals surface area contributed by atoms with Gasteiger partial charge in [0.1, 0.15) is 17.8 Å². The van der Waals surface area contributed by atoms with Crippen molar-refractivity contribution in [3.05, 3.63) is 12.2 Å². The van der Waals surface area contributed by atoms with Crippen LogP contribution in [0.25, 0.3) is 0 Å². The summed E-state index contributed by atoms with van der Waals surface area (Å²) >= 11 is 0. The lowest BCUT2D eigenvalue weighted by molar-refractivity contribution is 0.0184. The number of rotatable bonds is 6. The SMILES string of the molecule is CC(C)(C)OC(=O)N1CCC(CNCCCc2ncn[nH]2)CC1. The highest BCUT2D eigenvalue weighted by molar-refractivity contribution is 5.68. The Bertz CT molecular complexity index is 461. The summed E-state index contributed by atoms with van der Waals surface area (Å²) in [5.41, 5.74) is -0.418. The van der Waals surface area contributed by atoms with Crippen LogP contribution in [0.4, 0.5) is 4.79 Å². The summed E-state index contributed by atoms with van der Waals surface area (Å²) in [7, 11) is 0. The molecule has 7 heteroatoms. The molecule has 2 heterocycles. The lowest BCUT2D eigenvalue weighted by Gasteiger charge is -2.33. The average Bonchev–Trinajstić information content (AvgIpc) is 2.99. The minimum Gasteiger partial charge on any atom is -0.444 e. The second-order valence-electron chi connectivity index (χ2n) is 7.15. The second-order valence-corrected chi connectivity index (χ2v) is 7.15. The summed E-state index contributed by atoms with van der Waals surface area (Å²) < 4.78 is 5.42. The molecular formula is C16H29N5O2. The number of nitrogens with zero attached hydrogens (tertiary/aromatic N) is 3. The number of aryl methyl sites for hydroxylation is 1. The van der Waals surface area contributed by atoms with Crippen molar-refractivity contribution in [2.45, 2.75) is 52.1 Å². The van der Waals surface area contributed by atoms with Crippen molar-refractivity contribution in [3.8, 4) is 0 Å². The zero-order valence-electron chi connectivity index (χ0n) is 14.5. The molecule has 0 saturated carbocycles. The normalized spacial score (nSPS) is 16.6. The van der Waals surface area contributed by atoms with Gasteiger partial charge in [-0.3, -0.25) is 5.10 Å². The highest BCUT2D eigenvalue weighted by Gasteiger charge is 2.26. The molecule has 23 heavy (non-hydrogen) atoms. The highest BCUT2D eigenvalue weighted by atomic mass is 16.6. The van der Waals surface area contributed by atoms with E-state index in [0.29, 0.717) is 5.92 Å². The summed E-state index contributed by atoms with van der Waals surface area (Å²) in [5, 5.41) is 10.2. The van der Waals surface area contributed by atoms with Crippen molar-refractivity contribution in [1.29, 1.82) is 0 Å². The zero-order chi connectivity index (χ0) is 16.7. The minimum absolute atomic E-state index is 0.184. The largest absolute Gasteiger partial charge is 0.444 e. The molecule has 130 valence electrons. The standard InChI is InChI=1S/C16H29N5O2/c1-16(2,3)23-15(22)21-9-6-13(7-10-21)11-17-8-4-5-14-18-12-19-20-14/h12-13,17H,4-11H2,1-3H3,(H,18,19,20). The van der Waals surface area contributed by atoms with Crippen molar-refractivity contribution in [2.75, 3.05) is 26.2 Å². The number of H-pyrrole nitrogens is 1. The number of ether oxygens (including phenoxy) is 1. The van der Waals surface area contributed by atoms with E-state index in [9.17, 15) is 4.79 Å². The lowest BCUT2D eigenvalue weighted by Crippen LogP contribution is -2.43. The van der Waals surface area contributed by atoms with Crippen molar-refractivity contribution in [3.63, 3.8) is 0 Å². The maximum atomic E-state index is 12.0. The van der Waals surface area contributed by atoms with Gasteiger partial charge < -0.3 is 15.0 Å². The van der Waals surface area contributed by atoms with Gasteiger partial charge in [-0.1, -0.05) is 0 Å². The number of aromatic amines is 1. The molecule has 1 aromatic heterocycles. The number of carbonyl (C=O) groups excluding carboxylic acids is 1. The van der Waals surface area contributed by atoms with Crippen molar-refractivity contribution in [1.82, 2.24) is 25.4 Å². The number of amides is 1. The Kier molecular flexibility index (Phi) is 6.38. The molecule has 1 aliphatic rings. The molecule has 0 aliphatic carbocycles. The van der Waals surface area contributed by atoms with E-state index in [4.69, 9.17) is 4.74 Å². The van der Waals surface area contributed by atoms with Crippen molar-refractivity contribution >= 4 is 6.09 Å². The van der Waals surface area contributed by atoms with E-state index in [1.54, 1.807) is 6.33 Å². The third kappa shape index (κ3) is 6.56. The van der Waals surface area contributed by atoms with Crippen LogP contribution in [-0.2, 0) is 11.2 Å². The van der Waals surface area contributed by atoms with Gasteiger partial charge in [0, 0.05) is 19.5 Å². The molecule has 0 radical (unpaired) electrons. The fourth-order valence-electron chi connectivity index (χ4n) is 2.68. The fourth-order valence-corrected chi connectivity index (χ4v) is 2.68. The van der Waals surface area contributed by atoms with Gasteiger partial charge in [0.05, 0.1) is 0 Å². The van der Waals surface area contributed by atoms with Gasteiger partial charge >= 0.3 is 6.09 Å². The Morgan fingerprint density at radius 2 is 2.17 bits per heavy atom. The first kappa shape index (κ1) is 17.7. The number of piperidine rings is 1. The first-order valence-electron chi connectivity index (χ1n) is 8.47. The molecule has 1 fully saturated rings. The minimum atomic E-state index is -0.418. The van der Waals surface area contributed by atoms with Crippen LogP contribution in [-0.4, -0.2) is 58.0 Å². The molecule has 1 aliphatic heterocycles. The van der Waals surface area contributed by atoms with Crippen LogP contribution in [0.3, 0.4) is 0 Å². The topological polar surface area (TPSA) is 83.1 Å². The fraction of sp³-hybridized carbons (Fsp3) is 0.812. The summed E-state index contributed by atoms with van der Waals surface area (Å²) in [4.78, 5) is 17.9. The van der Waals surface area contributed by atoms with Gasteiger partial charge in [0.15, 0.2) is 0 Å². The predicted octanol–water partition coefficient (Wildman–Crippen LogP) is 1.97. The van der Waals surface area contributed by atoms with E-state index in [-0.39, 0.29) is 6.09 Å². The molecule has 1 aromatic rings. The van der Waals surface area contributed by atoms with Gasteiger partial charge in [0.2, 0.25) is 0 Å². The number of carbonyl (C=O) groups is 1. The first-order chi connectivity index (χ1) is 10.9. The van der Waals surface area contributed by atoms with Crippen LogP contribution < -0.4 is 5.32 Å². The summed E-state index contributed by atoms with van der Waals surface area (Å²) in [6.45, 7) is 9.28. The Morgan fingerprint density at radius 1 is 1.43 bits per heavy atom. The maximum Gasteiger partial charge on any atom is 0.410 e. The highest BCUT2D eigenvalue weighted by Crippen LogP contribution is 2.19. The summed E-state index contributed by atoms with van der Waals surface area (Å²) in [6, 6.07) is 0. The van der Waals surface area contributed by atoms with E-state index in [0.717, 1.165) is 57.7 Å². The third-order valence-electron chi connectivity index (χ3n) is 3.93. The Morgan fingerprint density at radius 3 is 2.78 bits per heavy atom. The molecule has 2 rings (SSSR count). The Balaban J connectivity index is 1.55. The molecule has 2 N–H and O–H groups in total. The van der Waals surface area contributed by atoms with E-state index >= 15 is 0 Å². The zero-order valence-corrected chi connectivity index (χ0v) is 14.5. The smallest absolute Gasteiger partial charge is 0.410 e. The molecule has 0 bridgehead atoms. The quantitative estimate of drug-likeness (QED) is 0.782. The van der Waals surface area contributed by atoms with Gasteiger partial charge in [0.25, 0.3) is 0 Å². The number of nitrogens with one attached hydrogen (secondary N) is 2. The van der Waals surface area contributed by atoms with Crippen LogP contribution in [0.1, 0.15) is 45.9 Å². The second kappa shape index (κ2) is 8.29. The van der Waals surface area contributed by atoms with Crippen LogP contribution in [0.15, 0.2) is 6.33 Å². The van der Waals surface area contributed by atoms with Crippen LogP contribution in [0.5, 0.6) is 0 Å². The van der Waals surface area contributed by atoms with E-state index in [1.807, 2.05) is 25.7 Å². The maximum absolute atomic E-state index is 12.0. The van der Waals surface area contributed by atoms with Crippen LogP contribution in [0.2, 0.25) is 0 Å². The number of hydrogen-bond acceptors (Lipinski definition) is 5. The van der Waals surface area contributed by atoms with Crippen molar-refractivity contribution < 1.29 is 9.53 Å². The van der Waals surface area contributed by atoms with Gasteiger partial charge in [-0.15, -0.1) is 0 Å². The van der Waals surface area contributed by atoms with Gasteiger partial charge in [-0.05, 0) is 59.0 Å². The van der Waals surface area contributed by atoms with Gasteiger partial charge in [-0.25, -0.2) is 9.78 Å². The van der Waals surface area contributed by atoms with Crippen LogP contribution in [0, 0.1) is 5.92 Å². The molecule has 0 aromatic carbocycles. The van der Waals surface area contributed by atoms with Gasteiger partial charge in [-0.2, -0.15) is 5.10 Å². The summed E-state index contributed by atoms with van der Waals surface area (Å²) in [6.07, 6.45) is 5.40. The summed E-state index contributed by atoms with van der Waals surface area (Å²) in [5.74, 6) is 1.58. The lowest BCUT2D eigenvalue weighted by atomic mass is 9.97. The van der Waals surface area contributed by atoms with E-state index in [1.165, 1.54) is 0 Å². The predicted molar refractivity (Wildman–Crippen MR) is 88.1 cm³/mol. The van der Waals surface area contributed by atoms with E-state index < -0.39 is 5.60 Å². The molecule has 7 nitrogen and oxygen atoms in total. The molecule has 0 unspecified atom stereocenters. The van der Waals surface area contributed by atoms with Crippen molar-refractivity contribution in [2.24, 2.45) is 5.92 Å². The average molecular weight is 323 g/mol. The number of aromatic nitrogens is 3. The molecule has 1 saturated heterocycles. The number of likely N-dealkylation sites (tertiary alicyclic amines) is 1. The molecular weight excluding hydrogens is 294 g/mol. The molecule has 0 atom stereocenters. The Labute approximate surface area is 138 Å². The first-order valence-corrected chi connectivity index (χ1v) is 8.47. The van der Waals surface area contributed by atoms with E-state index in [2.05, 4.69) is 20.5 Å². The number of hydrogen-bond donors (Lipinski definition) is 2. The van der Waals surface area contributed by atoms with Crippen LogP contribution >= 0.6 is 0 Å². The molecule has 0 spiro atoms. The monoisotopic (exact) mass is 323 g/mol. The molecule has 1 amide bonds. The third-order valence-corrected chi connectivity index (χ3v) is 3.93. The Hall–Kier alpha value is -1.63.